The van der Waals surface area contributed by atoms with Gasteiger partial charge in [0.1, 0.15) is 5.58 Å². The minimum Gasteiger partial charge on any atom is -0.421 e. The number of carbonyl (C=O) groups excluding carboxylic acids is 1. The van der Waals surface area contributed by atoms with Crippen molar-refractivity contribution in [3.05, 3.63) is 69.0 Å². The predicted octanol–water partition coefficient (Wildman–Crippen LogP) is 3.85. The van der Waals surface area contributed by atoms with Crippen molar-refractivity contribution in [2.24, 2.45) is 0 Å². The minimum atomic E-state index is -0.599. The smallest absolute Gasteiger partial charge is 0.362 e. The summed E-state index contributed by atoms with van der Waals surface area (Å²) in [6.07, 6.45) is 0. The van der Waals surface area contributed by atoms with E-state index in [1.165, 1.54) is 0 Å². The number of para-hydroxylation sites is 1. The van der Waals surface area contributed by atoms with Crippen LogP contribution in [0.1, 0.15) is 10.4 Å². The Labute approximate surface area is 140 Å². The Morgan fingerprint density at radius 1 is 1.04 bits per heavy atom. The minimum absolute atomic E-state index is 0.0964. The van der Waals surface area contributed by atoms with E-state index in [0.717, 1.165) is 9.86 Å². The largest absolute Gasteiger partial charge is 0.421 e. The first kappa shape index (κ1) is 15.3. The SMILES string of the molecule is CNc1c(NC(=O)c2ccc(Br)cc2)c(=O)oc2ccccc12. The molecule has 0 bridgehead atoms. The number of hydrogen-bond donors (Lipinski definition) is 2. The molecule has 1 heterocycles. The number of carbonyl (C=O) groups is 1. The van der Waals surface area contributed by atoms with Gasteiger partial charge in [-0.05, 0) is 36.4 Å². The molecule has 1 amide bonds. The van der Waals surface area contributed by atoms with Crippen molar-refractivity contribution in [3.8, 4) is 0 Å². The molecule has 1 aromatic heterocycles. The van der Waals surface area contributed by atoms with Gasteiger partial charge < -0.3 is 15.1 Å². The van der Waals surface area contributed by atoms with Crippen molar-refractivity contribution < 1.29 is 9.21 Å². The second kappa shape index (κ2) is 6.26. The summed E-state index contributed by atoms with van der Waals surface area (Å²) in [5.41, 5.74) is 0.936. The molecule has 0 radical (unpaired) electrons. The third kappa shape index (κ3) is 2.98. The summed E-state index contributed by atoms with van der Waals surface area (Å²) in [6, 6.07) is 14.0. The molecule has 0 fully saturated rings. The number of fused-ring (bicyclic) bond motifs is 1. The highest BCUT2D eigenvalue weighted by Crippen LogP contribution is 2.28. The highest BCUT2D eigenvalue weighted by atomic mass is 79.9. The second-order valence-electron chi connectivity index (χ2n) is 4.85. The molecule has 0 aliphatic carbocycles. The predicted molar refractivity (Wildman–Crippen MR) is 94.1 cm³/mol. The van der Waals surface area contributed by atoms with Crippen molar-refractivity contribution in [3.63, 3.8) is 0 Å². The van der Waals surface area contributed by atoms with Gasteiger partial charge in [0, 0.05) is 22.5 Å². The zero-order valence-electron chi connectivity index (χ0n) is 12.2. The average Bonchev–Trinajstić information content (AvgIpc) is 2.56. The van der Waals surface area contributed by atoms with E-state index in [-0.39, 0.29) is 11.6 Å². The third-order valence-electron chi connectivity index (χ3n) is 3.41. The van der Waals surface area contributed by atoms with Gasteiger partial charge in [0.25, 0.3) is 5.91 Å². The number of amides is 1. The van der Waals surface area contributed by atoms with E-state index >= 15 is 0 Å². The van der Waals surface area contributed by atoms with Crippen molar-refractivity contribution in [1.29, 1.82) is 0 Å². The van der Waals surface area contributed by atoms with E-state index < -0.39 is 5.63 Å². The van der Waals surface area contributed by atoms with E-state index in [0.29, 0.717) is 16.8 Å². The van der Waals surface area contributed by atoms with Crippen LogP contribution in [0.5, 0.6) is 0 Å². The van der Waals surface area contributed by atoms with Gasteiger partial charge in [0.15, 0.2) is 5.69 Å². The van der Waals surface area contributed by atoms with Crippen molar-refractivity contribution in [2.45, 2.75) is 0 Å². The first-order valence-corrected chi connectivity index (χ1v) is 7.70. The maximum atomic E-state index is 12.3. The van der Waals surface area contributed by atoms with Crippen LogP contribution < -0.4 is 16.3 Å². The van der Waals surface area contributed by atoms with Crippen LogP contribution in [0.2, 0.25) is 0 Å². The monoisotopic (exact) mass is 372 g/mol. The maximum Gasteiger partial charge on any atom is 0.362 e. The zero-order valence-corrected chi connectivity index (χ0v) is 13.8. The fourth-order valence-electron chi connectivity index (χ4n) is 2.31. The molecule has 116 valence electrons. The fraction of sp³-hybridized carbons (Fsp3) is 0.0588. The Hall–Kier alpha value is -2.60. The first-order chi connectivity index (χ1) is 11.1. The summed E-state index contributed by atoms with van der Waals surface area (Å²) in [5.74, 6) is -0.378. The Kier molecular flexibility index (Phi) is 4.16. The Morgan fingerprint density at radius 3 is 2.43 bits per heavy atom. The van der Waals surface area contributed by atoms with Gasteiger partial charge in [-0.2, -0.15) is 0 Å². The average molecular weight is 373 g/mol. The molecule has 6 heteroatoms. The third-order valence-corrected chi connectivity index (χ3v) is 3.94. The van der Waals surface area contributed by atoms with Gasteiger partial charge in [0.2, 0.25) is 0 Å². The molecule has 5 nitrogen and oxygen atoms in total. The molecule has 0 unspecified atom stereocenters. The highest BCUT2D eigenvalue weighted by molar-refractivity contribution is 9.10. The summed E-state index contributed by atoms with van der Waals surface area (Å²) < 4.78 is 6.14. The molecule has 2 N–H and O–H groups in total. The van der Waals surface area contributed by atoms with Crippen LogP contribution >= 0.6 is 15.9 Å². The molecule has 0 aliphatic heterocycles. The second-order valence-corrected chi connectivity index (χ2v) is 5.76. The zero-order chi connectivity index (χ0) is 16.4. The van der Waals surface area contributed by atoms with Crippen molar-refractivity contribution in [2.75, 3.05) is 17.7 Å². The Balaban J connectivity index is 2.05. The van der Waals surface area contributed by atoms with Gasteiger partial charge in [-0.15, -0.1) is 0 Å². The lowest BCUT2D eigenvalue weighted by Gasteiger charge is -2.12. The summed E-state index contributed by atoms with van der Waals surface area (Å²) >= 11 is 3.32. The van der Waals surface area contributed by atoms with Crippen LogP contribution in [0.4, 0.5) is 11.4 Å². The van der Waals surface area contributed by atoms with Gasteiger partial charge in [0.05, 0.1) is 5.69 Å². The lowest BCUT2D eigenvalue weighted by Crippen LogP contribution is -2.19. The van der Waals surface area contributed by atoms with E-state index in [9.17, 15) is 9.59 Å². The Bertz CT molecular complexity index is 933. The molecule has 0 saturated carbocycles. The molecule has 0 atom stereocenters. The van der Waals surface area contributed by atoms with Gasteiger partial charge >= 0.3 is 5.63 Å². The molecule has 0 spiro atoms. The summed E-state index contributed by atoms with van der Waals surface area (Å²) in [6.45, 7) is 0. The maximum absolute atomic E-state index is 12.3. The van der Waals surface area contributed by atoms with E-state index in [4.69, 9.17) is 4.42 Å². The van der Waals surface area contributed by atoms with Gasteiger partial charge in [-0.25, -0.2) is 4.79 Å². The lowest BCUT2D eigenvalue weighted by molar-refractivity contribution is 0.102. The normalized spacial score (nSPS) is 10.5. The van der Waals surface area contributed by atoms with Gasteiger partial charge in [-0.1, -0.05) is 28.1 Å². The van der Waals surface area contributed by atoms with E-state index in [2.05, 4.69) is 26.6 Å². The number of rotatable bonds is 3. The number of hydrogen-bond acceptors (Lipinski definition) is 4. The summed E-state index contributed by atoms with van der Waals surface area (Å²) in [7, 11) is 1.69. The van der Waals surface area contributed by atoms with E-state index in [1.54, 1.807) is 43.4 Å². The number of nitrogens with one attached hydrogen (secondary N) is 2. The van der Waals surface area contributed by atoms with Crippen molar-refractivity contribution in [1.82, 2.24) is 0 Å². The topological polar surface area (TPSA) is 71.3 Å². The molecule has 3 aromatic rings. The van der Waals surface area contributed by atoms with Crippen LogP contribution in [-0.2, 0) is 0 Å². The summed E-state index contributed by atoms with van der Waals surface area (Å²) in [4.78, 5) is 24.6. The number of halogens is 1. The van der Waals surface area contributed by atoms with Crippen molar-refractivity contribution >= 4 is 44.2 Å². The van der Waals surface area contributed by atoms with Crippen LogP contribution in [-0.4, -0.2) is 13.0 Å². The van der Waals surface area contributed by atoms with Crippen LogP contribution in [0, 0.1) is 0 Å². The molecular weight excluding hydrogens is 360 g/mol. The number of benzene rings is 2. The first-order valence-electron chi connectivity index (χ1n) is 6.90. The molecule has 3 rings (SSSR count). The van der Waals surface area contributed by atoms with Crippen LogP contribution in [0.3, 0.4) is 0 Å². The fourth-order valence-corrected chi connectivity index (χ4v) is 2.57. The molecular formula is C17H13BrN2O3. The molecule has 0 saturated heterocycles. The molecule has 0 aliphatic rings. The number of anilines is 2. The summed E-state index contributed by atoms with van der Waals surface area (Å²) in [5, 5.41) is 6.32. The Morgan fingerprint density at radius 2 is 1.74 bits per heavy atom. The quantitative estimate of drug-likeness (QED) is 0.685. The standard InChI is InChI=1S/C17H13BrN2O3/c1-19-14-12-4-2-3-5-13(12)23-17(22)15(14)20-16(21)10-6-8-11(18)9-7-10/h2-9,19H,1H3,(H,20,21). The van der Waals surface area contributed by atoms with Crippen LogP contribution in [0.25, 0.3) is 11.0 Å². The highest BCUT2D eigenvalue weighted by Gasteiger charge is 2.16. The lowest BCUT2D eigenvalue weighted by atomic mass is 10.1. The van der Waals surface area contributed by atoms with Crippen LogP contribution in [0.15, 0.2) is 62.2 Å². The van der Waals surface area contributed by atoms with E-state index in [1.807, 2.05) is 12.1 Å². The molecule has 23 heavy (non-hydrogen) atoms. The van der Waals surface area contributed by atoms with Gasteiger partial charge in [-0.3, -0.25) is 4.79 Å². The molecule has 2 aromatic carbocycles.